The van der Waals surface area contributed by atoms with E-state index in [9.17, 15) is 88.2 Å². The maximum absolute atomic E-state index is 12.2. The Morgan fingerprint density at radius 2 is 0.601 bits per heavy atom. The summed E-state index contributed by atoms with van der Waals surface area (Å²) in [6.45, 7) is 5.18. The zero-order chi connectivity index (χ0) is 101. The van der Waals surface area contributed by atoms with Gasteiger partial charge in [0.1, 0.15) is 70.4 Å². The number of aromatic hydroxyl groups is 3. The number of phenols is 3. The molecule has 7 unspecified atom stereocenters. The van der Waals surface area contributed by atoms with Gasteiger partial charge in [0.15, 0.2) is 35.9 Å². The van der Waals surface area contributed by atoms with E-state index in [0.717, 1.165) is 4.21 Å². The number of nitrogens with zero attached hydrogens (tertiary/aromatic N) is 7. The van der Waals surface area contributed by atoms with Gasteiger partial charge in [-0.1, -0.05) is 53.6 Å². The van der Waals surface area contributed by atoms with Gasteiger partial charge in [-0.3, -0.25) is 115 Å². The van der Waals surface area contributed by atoms with E-state index >= 15 is 0 Å². The normalized spacial score (nSPS) is 11.8. The molecule has 0 aliphatic carbocycles. The molecule has 0 radical (unpaired) electrons. The third-order valence-corrected chi connectivity index (χ3v) is 28.8. The van der Waals surface area contributed by atoms with Crippen LogP contribution in [0.1, 0.15) is 100 Å². The molecule has 14 aromatic rings. The van der Waals surface area contributed by atoms with E-state index in [-0.39, 0.29) is 74.1 Å². The summed E-state index contributed by atoms with van der Waals surface area (Å²) >= 11 is 8.60. The molecule has 0 bridgehead atoms. The summed E-state index contributed by atoms with van der Waals surface area (Å²) in [5, 5.41) is 61.3. The van der Waals surface area contributed by atoms with Gasteiger partial charge in [0.05, 0.1) is 86.3 Å². The zero-order valence-electron chi connectivity index (χ0n) is 73.7. The van der Waals surface area contributed by atoms with Crippen molar-refractivity contribution in [1.82, 2.24) is 34.9 Å². The summed E-state index contributed by atoms with van der Waals surface area (Å²) < 4.78 is 88.0. The quantitative estimate of drug-likeness (QED) is 0.0144. The van der Waals surface area contributed by atoms with Gasteiger partial charge in [0, 0.05) is 125 Å². The largest absolute Gasteiger partial charge is 0.508 e. The number of benzene rings is 7. The molecule has 0 saturated carbocycles. The van der Waals surface area contributed by atoms with E-state index in [1.807, 2.05) is 6.26 Å². The number of nitrogens with one attached hydrogen (secondary N) is 7. The number of phenolic OH excluding ortho intramolecular Hbond substituents is 3. The van der Waals surface area contributed by atoms with E-state index < -0.39 is 100 Å². The predicted octanol–water partition coefficient (Wildman–Crippen LogP) is 14.7. The van der Waals surface area contributed by atoms with Crippen molar-refractivity contribution in [3.05, 3.63) is 247 Å². The van der Waals surface area contributed by atoms with Crippen molar-refractivity contribution in [2.75, 3.05) is 81.0 Å². The molecule has 10 N–H and O–H groups in total. The molecule has 14 rings (SSSR count). The summed E-state index contributed by atoms with van der Waals surface area (Å²) in [7, 11) is -7.18. The molecule has 138 heavy (non-hydrogen) atoms. The minimum absolute atomic E-state index is 0.0251. The van der Waals surface area contributed by atoms with Crippen LogP contribution in [0.3, 0.4) is 0 Å². The fraction of sp³-hybridized carbons (Fsp3) is 0.128. The number of carbonyl (C=O) groups excluding carboxylic acids is 11. The standard InChI is InChI=1S/C14H14N2O3S2.3C13H12N2O4S2.3C11H10N2O3S2/c1-9(17)19-11-6-4-10(5-7-11)13(18)16-14-15-8-12(20-14)21(2)3;1-8(16)19-10-5-3-9(4-6-10)12(17)15-13-14-11(7-20-13)21(2)18;1-8(16)19-10-5-3-4-9(6-10)12(17)15-13-14-11(7-20-13)21(2)18;1-8(16)19-10-6-4-3-5-9(10)12(17)15-13-14-11(7-20-13)21(2)18;1-18(16)9-6-17-11(12-9)13-10(15)7-2-4-8(14)5-3-7;1-18(16)9-6-17-11(12-9)13-10(15)7-3-2-4-8(14)5-7;1-18(16)9-6-17-11(12-9)13-10(15)7-4-2-3-5-8(7)14/h4-8H,2H2,1,3H3,(H,15,16,18);3*3-7H,1-2H3,(H,14,15,17);3*2-6,14H,1H3,(H,12,13,15). The Balaban J connectivity index is 0.000000198. The third kappa shape index (κ3) is 36.9. The van der Waals surface area contributed by atoms with Crippen molar-refractivity contribution in [3.8, 4) is 40.2 Å². The van der Waals surface area contributed by atoms with Gasteiger partial charge >= 0.3 is 23.9 Å². The molecule has 0 spiro atoms. The highest BCUT2D eigenvalue weighted by atomic mass is 32.2. The minimum Gasteiger partial charge on any atom is -0.508 e. The summed E-state index contributed by atoms with van der Waals surface area (Å²) in [4.78, 5) is 156. The lowest BCUT2D eigenvalue weighted by atomic mass is 10.2. The van der Waals surface area contributed by atoms with Crippen molar-refractivity contribution in [1.29, 1.82) is 0 Å². The number of amides is 7. The van der Waals surface area contributed by atoms with E-state index in [2.05, 4.69) is 78.0 Å². The van der Waals surface area contributed by atoms with Gasteiger partial charge in [-0.05, 0) is 140 Å². The second-order valence-electron chi connectivity index (χ2n) is 26.5. The molecule has 0 fully saturated rings. The highest BCUT2D eigenvalue weighted by molar-refractivity contribution is 8.15. The van der Waals surface area contributed by atoms with Gasteiger partial charge in [0.2, 0.25) is 0 Å². The molecule has 7 atom stereocenters. The van der Waals surface area contributed by atoms with Crippen LogP contribution in [-0.2, 0) is 84.0 Å². The molecule has 7 amide bonds. The Morgan fingerprint density at radius 1 is 0.304 bits per heavy atom. The molecule has 7 aromatic carbocycles. The first-order chi connectivity index (χ1) is 65.5. The van der Waals surface area contributed by atoms with Gasteiger partial charge in [-0.15, -0.1) is 68.0 Å². The lowest BCUT2D eigenvalue weighted by Gasteiger charge is -2.07. The summed E-state index contributed by atoms with van der Waals surface area (Å²) in [5.74, 6) is 0.874. The van der Waals surface area contributed by atoms with Crippen LogP contribution in [0.5, 0.6) is 40.2 Å². The maximum atomic E-state index is 12.2. The van der Waals surface area contributed by atoms with Crippen molar-refractivity contribution in [2.45, 2.75) is 62.1 Å². The molecule has 7 heterocycles. The highest BCUT2D eigenvalue weighted by Gasteiger charge is 2.21. The second kappa shape index (κ2) is 54.5. The number of anilines is 7. The lowest BCUT2D eigenvalue weighted by molar-refractivity contribution is -0.132. The number of ether oxygens (including phenoxy) is 4. The summed E-state index contributed by atoms with van der Waals surface area (Å²) in [6.07, 6.45) is 12.8. The van der Waals surface area contributed by atoms with Gasteiger partial charge in [-0.25, -0.2) is 34.9 Å². The number of para-hydroxylation sites is 2. The number of carbonyl (C=O) groups is 11. The van der Waals surface area contributed by atoms with Crippen LogP contribution in [-0.4, -0.2) is 190 Å². The molecule has 0 saturated heterocycles. The van der Waals surface area contributed by atoms with Crippen LogP contribution >= 0.6 is 89.8 Å². The average Bonchev–Trinajstić information content (AvgIpc) is 1.32. The van der Waals surface area contributed by atoms with E-state index in [1.165, 1.54) is 217 Å². The highest BCUT2D eigenvalue weighted by Crippen LogP contribution is 2.32. The van der Waals surface area contributed by atoms with Crippen LogP contribution in [0.2, 0.25) is 0 Å². The van der Waals surface area contributed by atoms with Crippen LogP contribution < -0.4 is 56.2 Å². The lowest BCUT2D eigenvalue weighted by Crippen LogP contribution is -2.14. The maximum Gasteiger partial charge on any atom is 0.308 e. The smallest absolute Gasteiger partial charge is 0.308 e. The number of thiazole rings is 7. The molecule has 52 heteroatoms. The molecular formula is C86H80N14O24S14. The predicted molar refractivity (Wildman–Crippen MR) is 539 cm³/mol. The van der Waals surface area contributed by atoms with Crippen molar-refractivity contribution >= 4 is 262 Å². The van der Waals surface area contributed by atoms with Crippen LogP contribution in [0.15, 0.2) is 243 Å². The second-order valence-corrected chi connectivity index (χ2v) is 42.6. The Labute approximate surface area is 832 Å². The van der Waals surface area contributed by atoms with Gasteiger partial charge < -0.3 is 34.3 Å². The number of aromatic nitrogens is 7. The Bertz CT molecular complexity index is 6770. The molecule has 722 valence electrons. The van der Waals surface area contributed by atoms with Crippen LogP contribution in [0, 0.1) is 0 Å². The summed E-state index contributed by atoms with van der Waals surface area (Å²) in [5.41, 5.74) is 2.36. The van der Waals surface area contributed by atoms with Crippen molar-refractivity contribution in [3.63, 3.8) is 0 Å². The third-order valence-electron chi connectivity index (χ3n) is 15.9. The first kappa shape index (κ1) is 110. The fourth-order valence-corrected chi connectivity index (χ4v) is 20.5. The first-order valence-corrected chi connectivity index (χ1v) is 55.6. The number of hydrogen-bond acceptors (Lipinski definition) is 38. The molecule has 0 aliphatic rings. The average molecular weight is 2140 g/mol. The Kier molecular flexibility index (Phi) is 43.5. The van der Waals surface area contributed by atoms with E-state index in [0.29, 0.717) is 111 Å². The van der Waals surface area contributed by atoms with E-state index in [4.69, 9.17) is 24.1 Å². The molecule has 7 aromatic heterocycles. The summed E-state index contributed by atoms with van der Waals surface area (Å²) in [6, 6.07) is 43.3. The Hall–Kier alpha value is -13.4. The molecule has 0 aliphatic heterocycles. The molecule has 38 nitrogen and oxygen atoms in total. The number of hydrogen-bond donors (Lipinski definition) is 10. The number of esters is 4. The van der Waals surface area contributed by atoms with Crippen LogP contribution in [0.25, 0.3) is 0 Å². The SMILES string of the molecule is C=S(C)c1cnc(NC(=O)c2ccc(OC(C)=O)cc2)s1.CC(=O)Oc1ccc(C(=O)Nc2nc(S(C)=O)cs2)cc1.CC(=O)Oc1cccc(C(=O)Nc2nc(S(C)=O)cs2)c1.CC(=O)Oc1ccccc1C(=O)Nc1nc(S(C)=O)cs1.CS(=O)c1csc(NC(=O)c2ccc(O)cc2)n1.CS(=O)c1csc(NC(=O)c2cccc(O)c2)n1.CS(=O)c1csc(NC(=O)c2ccccc2O)n1. The first-order valence-electron chi connectivity index (χ1n) is 38.4. The van der Waals surface area contributed by atoms with Gasteiger partial charge in [-0.2, -0.15) is 10.5 Å². The topological polar surface area (TPSA) is 562 Å². The van der Waals surface area contributed by atoms with Crippen LogP contribution in [0.4, 0.5) is 35.9 Å². The minimum atomic E-state index is -1.20. The van der Waals surface area contributed by atoms with Crippen molar-refractivity contribution in [2.24, 2.45) is 0 Å². The fourth-order valence-electron chi connectivity index (χ4n) is 9.72. The zero-order valence-corrected chi connectivity index (χ0v) is 85.1. The van der Waals surface area contributed by atoms with Crippen molar-refractivity contribution < 1.29 is 112 Å². The Morgan fingerprint density at radius 3 is 0.928 bits per heavy atom. The monoisotopic (exact) mass is 2140 g/mol. The molecular weight excluding hydrogens is 2060 g/mol. The van der Waals surface area contributed by atoms with Gasteiger partial charge in [0.25, 0.3) is 41.4 Å². The number of rotatable bonds is 25. The van der Waals surface area contributed by atoms with E-state index in [1.54, 1.807) is 136 Å².